The number of benzene rings is 1. The molecule has 0 heterocycles. The van der Waals surface area contributed by atoms with Crippen LogP contribution in [0, 0.1) is 5.41 Å². The van der Waals surface area contributed by atoms with E-state index in [0.717, 1.165) is 30.7 Å². The third-order valence-corrected chi connectivity index (χ3v) is 4.61. The molecule has 1 fully saturated rings. The number of hydrogen-bond acceptors (Lipinski definition) is 1. The van der Waals surface area contributed by atoms with Crippen molar-refractivity contribution in [3.63, 3.8) is 0 Å². The molecule has 0 amide bonds. The zero-order chi connectivity index (χ0) is 13.2. The summed E-state index contributed by atoms with van der Waals surface area (Å²) < 4.78 is 43.7. The first-order chi connectivity index (χ1) is 8.47. The quantitative estimate of drug-likeness (QED) is 0.733. The Hall–Kier alpha value is -0.710. The maximum absolute atomic E-state index is 12.8. The molecule has 0 bridgehead atoms. The molecule has 100 valence electrons. The molecule has 1 saturated carbocycles. The third-order valence-electron chi connectivity index (χ3n) is 3.42. The second kappa shape index (κ2) is 5.11. The topological polar surface area (TPSA) is 9.23 Å². The largest absolute Gasteiger partial charge is 0.492 e. The van der Waals surface area contributed by atoms with Crippen molar-refractivity contribution in [3.05, 3.63) is 29.8 Å². The molecular weight excluding hydrogens is 309 g/mol. The lowest BCUT2D eigenvalue weighted by molar-refractivity contribution is -0.139. The van der Waals surface area contributed by atoms with Crippen LogP contribution in [-0.2, 0) is 6.18 Å². The average molecular weight is 323 g/mol. The lowest BCUT2D eigenvalue weighted by Crippen LogP contribution is -2.37. The van der Waals surface area contributed by atoms with Crippen molar-refractivity contribution in [2.45, 2.75) is 25.4 Å². The Balaban J connectivity index is 2.10. The fraction of sp³-hybridized carbons (Fsp3) is 0.538. The third kappa shape index (κ3) is 2.82. The van der Waals surface area contributed by atoms with Crippen molar-refractivity contribution < 1.29 is 17.9 Å². The summed E-state index contributed by atoms with van der Waals surface area (Å²) in [5, 5.41) is 0.772. The van der Waals surface area contributed by atoms with Gasteiger partial charge in [-0.25, -0.2) is 0 Å². The van der Waals surface area contributed by atoms with Gasteiger partial charge in [-0.1, -0.05) is 34.5 Å². The van der Waals surface area contributed by atoms with Gasteiger partial charge in [-0.05, 0) is 25.0 Å². The molecule has 0 unspecified atom stereocenters. The minimum absolute atomic E-state index is 0.0126. The van der Waals surface area contributed by atoms with Crippen molar-refractivity contribution in [2.75, 3.05) is 11.9 Å². The van der Waals surface area contributed by atoms with Gasteiger partial charge >= 0.3 is 6.18 Å². The maximum Gasteiger partial charge on any atom is 0.419 e. The number of rotatable bonds is 4. The van der Waals surface area contributed by atoms with Crippen LogP contribution >= 0.6 is 15.9 Å². The average Bonchev–Trinajstić information content (AvgIpc) is 2.27. The number of ether oxygens (including phenoxy) is 1. The van der Waals surface area contributed by atoms with Gasteiger partial charge in [0.2, 0.25) is 0 Å². The molecular formula is C13H14BrF3O. The number of hydrogen-bond donors (Lipinski definition) is 0. The van der Waals surface area contributed by atoms with Gasteiger partial charge in [-0.2, -0.15) is 13.2 Å². The van der Waals surface area contributed by atoms with Crippen LogP contribution in [0.3, 0.4) is 0 Å². The van der Waals surface area contributed by atoms with Crippen molar-refractivity contribution in [1.82, 2.24) is 0 Å². The Kier molecular flexibility index (Phi) is 3.90. The summed E-state index contributed by atoms with van der Waals surface area (Å²) in [6.07, 6.45) is -1.23. The van der Waals surface area contributed by atoms with E-state index in [1.807, 2.05) is 0 Å². The maximum atomic E-state index is 12.8. The standard InChI is InChI=1S/C13H14BrF3O/c14-8-12(6-3-7-12)9-18-11-5-2-1-4-10(11)13(15,16)17/h1-2,4-5H,3,6-9H2. The van der Waals surface area contributed by atoms with E-state index in [0.29, 0.717) is 6.61 Å². The molecule has 0 aromatic heterocycles. The summed E-state index contributed by atoms with van der Waals surface area (Å²) in [5.74, 6) is -0.0720. The Morgan fingerprint density at radius 2 is 1.89 bits per heavy atom. The van der Waals surface area contributed by atoms with E-state index in [-0.39, 0.29) is 11.2 Å². The van der Waals surface area contributed by atoms with E-state index in [9.17, 15) is 13.2 Å². The van der Waals surface area contributed by atoms with Gasteiger partial charge in [-0.15, -0.1) is 0 Å². The summed E-state index contributed by atoms with van der Waals surface area (Å²) in [6.45, 7) is 0.339. The SMILES string of the molecule is FC(F)(F)c1ccccc1OCC1(CBr)CCC1. The predicted molar refractivity (Wildman–Crippen MR) is 67.0 cm³/mol. The van der Waals surface area contributed by atoms with Gasteiger partial charge in [-0.3, -0.25) is 0 Å². The molecule has 1 aliphatic carbocycles. The summed E-state index contributed by atoms with van der Waals surface area (Å²) in [7, 11) is 0. The second-order valence-corrected chi connectivity index (χ2v) is 5.33. The van der Waals surface area contributed by atoms with E-state index >= 15 is 0 Å². The van der Waals surface area contributed by atoms with E-state index < -0.39 is 11.7 Å². The van der Waals surface area contributed by atoms with Crippen molar-refractivity contribution in [3.8, 4) is 5.75 Å². The van der Waals surface area contributed by atoms with Gasteiger partial charge in [0.25, 0.3) is 0 Å². The van der Waals surface area contributed by atoms with Crippen LogP contribution in [0.4, 0.5) is 13.2 Å². The molecule has 0 N–H and O–H groups in total. The van der Waals surface area contributed by atoms with Crippen LogP contribution in [-0.4, -0.2) is 11.9 Å². The Bertz CT molecular complexity index is 407. The van der Waals surface area contributed by atoms with Crippen LogP contribution < -0.4 is 4.74 Å². The normalized spacial score (nSPS) is 18.2. The minimum Gasteiger partial charge on any atom is -0.492 e. The zero-order valence-electron chi connectivity index (χ0n) is 9.77. The van der Waals surface area contributed by atoms with Crippen molar-refractivity contribution in [2.24, 2.45) is 5.41 Å². The van der Waals surface area contributed by atoms with E-state index in [2.05, 4.69) is 15.9 Å². The fourth-order valence-corrected chi connectivity index (χ4v) is 2.77. The van der Waals surface area contributed by atoms with Crippen molar-refractivity contribution in [1.29, 1.82) is 0 Å². The first-order valence-electron chi connectivity index (χ1n) is 5.82. The highest BCUT2D eigenvalue weighted by Crippen LogP contribution is 2.43. The Morgan fingerprint density at radius 3 is 2.39 bits per heavy atom. The highest BCUT2D eigenvalue weighted by molar-refractivity contribution is 9.09. The predicted octanol–water partition coefficient (Wildman–Crippen LogP) is 4.65. The van der Waals surface area contributed by atoms with E-state index in [1.54, 1.807) is 6.07 Å². The lowest BCUT2D eigenvalue weighted by atomic mass is 9.71. The summed E-state index contributed by atoms with van der Waals surface area (Å²) in [4.78, 5) is 0. The fourth-order valence-electron chi connectivity index (χ4n) is 2.05. The highest BCUT2D eigenvalue weighted by atomic mass is 79.9. The molecule has 1 aliphatic rings. The molecule has 0 radical (unpaired) electrons. The van der Waals surface area contributed by atoms with Crippen LogP contribution in [0.1, 0.15) is 24.8 Å². The highest BCUT2D eigenvalue weighted by Gasteiger charge is 2.38. The number of alkyl halides is 4. The molecule has 1 aromatic carbocycles. The molecule has 18 heavy (non-hydrogen) atoms. The van der Waals surface area contributed by atoms with E-state index in [4.69, 9.17) is 4.74 Å². The molecule has 0 saturated heterocycles. The smallest absolute Gasteiger partial charge is 0.419 e. The van der Waals surface area contributed by atoms with Crippen LogP contribution in [0.25, 0.3) is 0 Å². The second-order valence-electron chi connectivity index (χ2n) is 4.77. The zero-order valence-corrected chi connectivity index (χ0v) is 11.4. The Labute approximate surface area is 112 Å². The first-order valence-corrected chi connectivity index (χ1v) is 6.94. The number of para-hydroxylation sites is 1. The van der Waals surface area contributed by atoms with E-state index in [1.165, 1.54) is 12.1 Å². The van der Waals surface area contributed by atoms with Gasteiger partial charge < -0.3 is 4.74 Å². The van der Waals surface area contributed by atoms with Crippen LogP contribution in [0.15, 0.2) is 24.3 Å². The molecule has 0 spiro atoms. The summed E-state index contributed by atoms with van der Waals surface area (Å²) >= 11 is 3.41. The van der Waals surface area contributed by atoms with Gasteiger partial charge in [0.15, 0.2) is 0 Å². The lowest BCUT2D eigenvalue weighted by Gasteiger charge is -2.40. The number of halogens is 4. The summed E-state index contributed by atoms with van der Waals surface area (Å²) in [6, 6.07) is 5.37. The minimum atomic E-state index is -4.36. The van der Waals surface area contributed by atoms with Crippen molar-refractivity contribution >= 4 is 15.9 Å². The molecule has 5 heteroatoms. The first kappa shape index (κ1) is 13.7. The molecule has 2 rings (SSSR count). The molecule has 0 atom stereocenters. The molecule has 1 aromatic rings. The van der Waals surface area contributed by atoms with Gasteiger partial charge in [0.05, 0.1) is 12.2 Å². The van der Waals surface area contributed by atoms with Crippen LogP contribution in [0.5, 0.6) is 5.75 Å². The Morgan fingerprint density at radius 1 is 1.22 bits per heavy atom. The van der Waals surface area contributed by atoms with Gasteiger partial charge in [0.1, 0.15) is 5.75 Å². The molecule has 0 aliphatic heterocycles. The molecule has 1 nitrogen and oxygen atoms in total. The van der Waals surface area contributed by atoms with Crippen LogP contribution in [0.2, 0.25) is 0 Å². The monoisotopic (exact) mass is 322 g/mol. The van der Waals surface area contributed by atoms with Gasteiger partial charge in [0, 0.05) is 10.7 Å². The summed E-state index contributed by atoms with van der Waals surface area (Å²) in [5.41, 5.74) is -0.687.